The van der Waals surface area contributed by atoms with E-state index in [2.05, 4.69) is 5.32 Å². The first-order valence-corrected chi connectivity index (χ1v) is 11.8. The van der Waals surface area contributed by atoms with E-state index in [1.807, 2.05) is 38.1 Å². The molecule has 0 aliphatic heterocycles. The minimum absolute atomic E-state index is 0.0753. The number of hydrogen-bond acceptors (Lipinski definition) is 4. The van der Waals surface area contributed by atoms with Crippen LogP contribution in [0.25, 0.3) is 0 Å². The van der Waals surface area contributed by atoms with E-state index >= 15 is 0 Å². The summed E-state index contributed by atoms with van der Waals surface area (Å²) in [5.41, 5.74) is 2.30. The summed E-state index contributed by atoms with van der Waals surface area (Å²) < 4.78 is 33.0. The van der Waals surface area contributed by atoms with Crippen molar-refractivity contribution in [2.24, 2.45) is 0 Å². The van der Waals surface area contributed by atoms with Gasteiger partial charge in [0, 0.05) is 0 Å². The summed E-state index contributed by atoms with van der Waals surface area (Å²) in [6, 6.07) is 20.1. The van der Waals surface area contributed by atoms with Crippen molar-refractivity contribution < 1.29 is 17.9 Å². The van der Waals surface area contributed by atoms with E-state index in [4.69, 9.17) is 16.3 Å². The van der Waals surface area contributed by atoms with E-state index in [0.717, 1.165) is 15.4 Å². The Morgan fingerprint density at radius 3 is 2.31 bits per heavy atom. The molecule has 0 radical (unpaired) electrons. The van der Waals surface area contributed by atoms with Gasteiger partial charge in [-0.1, -0.05) is 59.6 Å². The van der Waals surface area contributed by atoms with E-state index in [1.165, 1.54) is 25.3 Å². The molecule has 0 aliphatic rings. The van der Waals surface area contributed by atoms with Crippen molar-refractivity contribution in [3.63, 3.8) is 0 Å². The topological polar surface area (TPSA) is 75.7 Å². The molecule has 0 unspecified atom stereocenters. The number of hydrogen-bond donors (Lipinski definition) is 1. The second kappa shape index (κ2) is 10.1. The Labute approximate surface area is 193 Å². The number of rotatable bonds is 8. The third-order valence-electron chi connectivity index (χ3n) is 5.00. The number of sulfonamides is 1. The van der Waals surface area contributed by atoms with Crippen LogP contribution in [-0.2, 0) is 14.8 Å². The number of ether oxygens (including phenoxy) is 1. The zero-order valence-corrected chi connectivity index (χ0v) is 19.7. The SMILES string of the molecule is COc1ccc(N(CC(=O)N[C@@H](C)c2ccc(C)cc2)S(=O)(=O)c2ccccc2)cc1Cl. The zero-order valence-electron chi connectivity index (χ0n) is 18.1. The highest BCUT2D eigenvalue weighted by Gasteiger charge is 2.28. The molecule has 6 nitrogen and oxygen atoms in total. The van der Waals surface area contributed by atoms with Crippen LogP contribution in [0, 0.1) is 6.92 Å². The fourth-order valence-corrected chi connectivity index (χ4v) is 4.89. The van der Waals surface area contributed by atoms with Crippen LogP contribution in [0.3, 0.4) is 0 Å². The molecule has 168 valence electrons. The van der Waals surface area contributed by atoms with E-state index < -0.39 is 22.5 Å². The van der Waals surface area contributed by atoms with Crippen molar-refractivity contribution in [2.75, 3.05) is 18.0 Å². The van der Waals surface area contributed by atoms with Crippen molar-refractivity contribution in [1.82, 2.24) is 5.32 Å². The molecule has 3 aromatic rings. The maximum Gasteiger partial charge on any atom is 0.264 e. The van der Waals surface area contributed by atoms with Gasteiger partial charge >= 0.3 is 0 Å². The molecule has 0 aliphatic carbocycles. The largest absolute Gasteiger partial charge is 0.495 e. The lowest BCUT2D eigenvalue weighted by Gasteiger charge is -2.25. The van der Waals surface area contributed by atoms with Gasteiger partial charge in [0.25, 0.3) is 10.0 Å². The van der Waals surface area contributed by atoms with Gasteiger partial charge in [0.1, 0.15) is 12.3 Å². The highest BCUT2D eigenvalue weighted by Crippen LogP contribution is 2.32. The standard InChI is InChI=1S/C24H25ClN2O4S/c1-17-9-11-19(12-10-17)18(2)26-24(28)16-27(20-13-14-23(31-3)22(25)15-20)32(29,30)21-7-5-4-6-8-21/h4-15,18H,16H2,1-3H3,(H,26,28)/t18-/m0/s1. The van der Waals surface area contributed by atoms with Crippen LogP contribution >= 0.6 is 11.6 Å². The smallest absolute Gasteiger partial charge is 0.264 e. The van der Waals surface area contributed by atoms with Crippen LogP contribution in [0.5, 0.6) is 5.75 Å². The summed E-state index contributed by atoms with van der Waals surface area (Å²) in [7, 11) is -2.55. The molecular formula is C24H25ClN2O4S. The number of amides is 1. The highest BCUT2D eigenvalue weighted by molar-refractivity contribution is 7.92. The molecular weight excluding hydrogens is 448 g/mol. The van der Waals surface area contributed by atoms with Gasteiger partial charge in [-0.3, -0.25) is 9.10 Å². The van der Waals surface area contributed by atoms with E-state index in [9.17, 15) is 13.2 Å². The quantitative estimate of drug-likeness (QED) is 0.514. The number of anilines is 1. The minimum atomic E-state index is -4.02. The van der Waals surface area contributed by atoms with Crippen LogP contribution in [0.4, 0.5) is 5.69 Å². The van der Waals surface area contributed by atoms with Gasteiger partial charge in [0.05, 0.1) is 28.8 Å². The average molecular weight is 473 g/mol. The molecule has 0 aromatic heterocycles. The second-order valence-corrected chi connectivity index (χ2v) is 9.61. The maximum absolute atomic E-state index is 13.4. The van der Waals surface area contributed by atoms with Gasteiger partial charge < -0.3 is 10.1 Å². The molecule has 1 amide bonds. The molecule has 1 atom stereocenters. The number of nitrogens with one attached hydrogen (secondary N) is 1. The first kappa shape index (κ1) is 23.6. The van der Waals surface area contributed by atoms with Crippen molar-refractivity contribution in [3.8, 4) is 5.75 Å². The van der Waals surface area contributed by atoms with Gasteiger partial charge in [0.15, 0.2) is 0 Å². The van der Waals surface area contributed by atoms with Crippen molar-refractivity contribution in [3.05, 3.63) is 88.9 Å². The molecule has 8 heteroatoms. The highest BCUT2D eigenvalue weighted by atomic mass is 35.5. The number of carbonyl (C=O) groups excluding carboxylic acids is 1. The van der Waals surface area contributed by atoms with Crippen molar-refractivity contribution >= 4 is 33.2 Å². The number of aryl methyl sites for hydroxylation is 1. The van der Waals surface area contributed by atoms with Gasteiger partial charge in [0.2, 0.25) is 5.91 Å². The molecule has 0 bridgehead atoms. The number of benzene rings is 3. The summed E-state index contributed by atoms with van der Waals surface area (Å²) in [6.45, 7) is 3.43. The summed E-state index contributed by atoms with van der Waals surface area (Å²) in [6.07, 6.45) is 0. The van der Waals surface area contributed by atoms with Crippen LogP contribution in [0.15, 0.2) is 77.7 Å². The molecule has 32 heavy (non-hydrogen) atoms. The third-order valence-corrected chi connectivity index (χ3v) is 7.08. The van der Waals surface area contributed by atoms with Gasteiger partial charge in [-0.2, -0.15) is 0 Å². The van der Waals surface area contributed by atoms with Crippen LogP contribution in [-0.4, -0.2) is 28.0 Å². The monoisotopic (exact) mass is 472 g/mol. The Morgan fingerprint density at radius 2 is 1.72 bits per heavy atom. The normalized spacial score (nSPS) is 12.1. The number of nitrogens with zero attached hydrogens (tertiary/aromatic N) is 1. The molecule has 0 spiro atoms. The molecule has 0 saturated carbocycles. The molecule has 0 fully saturated rings. The van der Waals surface area contributed by atoms with E-state index in [0.29, 0.717) is 5.75 Å². The first-order valence-electron chi connectivity index (χ1n) is 9.99. The lowest BCUT2D eigenvalue weighted by atomic mass is 10.1. The zero-order chi connectivity index (χ0) is 23.3. The lowest BCUT2D eigenvalue weighted by Crippen LogP contribution is -2.41. The molecule has 3 aromatic carbocycles. The first-order chi connectivity index (χ1) is 15.2. The summed E-state index contributed by atoms with van der Waals surface area (Å²) in [4.78, 5) is 13.0. The predicted molar refractivity (Wildman–Crippen MR) is 127 cm³/mol. The summed E-state index contributed by atoms with van der Waals surface area (Å²) >= 11 is 6.24. The Hall–Kier alpha value is -3.03. The lowest BCUT2D eigenvalue weighted by molar-refractivity contribution is -0.120. The Bertz CT molecular complexity index is 1180. The van der Waals surface area contributed by atoms with Gasteiger partial charge in [-0.15, -0.1) is 0 Å². The summed E-state index contributed by atoms with van der Waals surface area (Å²) in [5.74, 6) is -0.0329. The van der Waals surface area contributed by atoms with E-state index in [-0.39, 0.29) is 21.6 Å². The number of halogens is 1. The maximum atomic E-state index is 13.4. The molecule has 0 heterocycles. The predicted octanol–water partition coefficient (Wildman–Crippen LogP) is 4.73. The van der Waals surface area contributed by atoms with Crippen molar-refractivity contribution in [1.29, 1.82) is 0 Å². The minimum Gasteiger partial charge on any atom is -0.495 e. The third kappa shape index (κ3) is 5.41. The Kier molecular flexibility index (Phi) is 7.43. The molecule has 3 rings (SSSR count). The van der Waals surface area contributed by atoms with Gasteiger partial charge in [-0.25, -0.2) is 8.42 Å². The number of methoxy groups -OCH3 is 1. The average Bonchev–Trinajstić information content (AvgIpc) is 2.78. The fraction of sp³-hybridized carbons (Fsp3) is 0.208. The van der Waals surface area contributed by atoms with Crippen LogP contribution < -0.4 is 14.4 Å². The van der Waals surface area contributed by atoms with E-state index in [1.54, 1.807) is 30.3 Å². The second-order valence-electron chi connectivity index (χ2n) is 7.34. The fourth-order valence-electron chi connectivity index (χ4n) is 3.20. The molecule has 0 saturated heterocycles. The summed E-state index contributed by atoms with van der Waals surface area (Å²) in [5, 5.41) is 3.12. The van der Waals surface area contributed by atoms with Gasteiger partial charge in [-0.05, 0) is 49.7 Å². The van der Waals surface area contributed by atoms with Crippen molar-refractivity contribution in [2.45, 2.75) is 24.8 Å². The Morgan fingerprint density at radius 1 is 1.06 bits per heavy atom. The number of carbonyl (C=O) groups is 1. The molecule has 1 N–H and O–H groups in total. The van der Waals surface area contributed by atoms with Crippen LogP contribution in [0.2, 0.25) is 5.02 Å². The van der Waals surface area contributed by atoms with Crippen LogP contribution in [0.1, 0.15) is 24.1 Å². The Balaban J connectivity index is 1.91.